The van der Waals surface area contributed by atoms with Crippen LogP contribution in [-0.2, 0) is 0 Å². The van der Waals surface area contributed by atoms with E-state index < -0.39 is 0 Å². The van der Waals surface area contributed by atoms with E-state index in [1.54, 1.807) is 0 Å². The molecule has 0 aliphatic heterocycles. The van der Waals surface area contributed by atoms with Gasteiger partial charge in [0.25, 0.3) is 0 Å². The largest absolute Gasteiger partial charge is 0.278 e. The van der Waals surface area contributed by atoms with Crippen molar-refractivity contribution < 1.29 is 0 Å². The molecule has 0 bridgehead atoms. The molecule has 6 rings (SSSR count). The van der Waals surface area contributed by atoms with Crippen LogP contribution >= 0.6 is 0 Å². The van der Waals surface area contributed by atoms with E-state index in [1.165, 1.54) is 16.7 Å². The highest BCUT2D eigenvalue weighted by Gasteiger charge is 2.17. The standard InChI is InChI=1S/C26H19N3/c1-18-11-14-21(15-12-18)28-23-9-5-6-10-24(23)29-25-17-20(19-7-3-2-4-8-19)13-16-22(25)27-26(28)29/h2-17H,1H3. The van der Waals surface area contributed by atoms with Gasteiger partial charge in [0, 0.05) is 5.69 Å². The Kier molecular flexibility index (Phi) is 3.38. The van der Waals surface area contributed by atoms with Crippen LogP contribution in [0.5, 0.6) is 0 Å². The van der Waals surface area contributed by atoms with Gasteiger partial charge in [-0.2, -0.15) is 0 Å². The lowest BCUT2D eigenvalue weighted by atomic mass is 10.1. The number of aromatic nitrogens is 3. The summed E-state index contributed by atoms with van der Waals surface area (Å²) in [5, 5.41) is 0. The number of imidazole rings is 2. The molecule has 0 atom stereocenters. The lowest BCUT2D eigenvalue weighted by Crippen LogP contribution is -1.94. The minimum absolute atomic E-state index is 0.940. The summed E-state index contributed by atoms with van der Waals surface area (Å²) >= 11 is 0. The van der Waals surface area contributed by atoms with Gasteiger partial charge in [0.1, 0.15) is 0 Å². The normalized spacial score (nSPS) is 11.6. The van der Waals surface area contributed by atoms with Crippen molar-refractivity contribution >= 4 is 27.8 Å². The van der Waals surface area contributed by atoms with Crippen molar-refractivity contribution in [2.24, 2.45) is 0 Å². The summed E-state index contributed by atoms with van der Waals surface area (Å²) in [6.45, 7) is 2.11. The first kappa shape index (κ1) is 16.1. The van der Waals surface area contributed by atoms with Crippen LogP contribution in [0, 0.1) is 6.92 Å². The number of nitrogens with zero attached hydrogens (tertiary/aromatic N) is 3. The fourth-order valence-electron chi connectivity index (χ4n) is 4.16. The minimum Gasteiger partial charge on any atom is -0.278 e. The first-order chi connectivity index (χ1) is 14.3. The number of fused-ring (bicyclic) bond motifs is 5. The van der Waals surface area contributed by atoms with Crippen molar-refractivity contribution in [3.8, 4) is 16.8 Å². The Labute approximate surface area is 168 Å². The molecule has 2 aromatic heterocycles. The summed E-state index contributed by atoms with van der Waals surface area (Å²) in [6.07, 6.45) is 0. The monoisotopic (exact) mass is 373 g/mol. The van der Waals surface area contributed by atoms with Gasteiger partial charge in [-0.3, -0.25) is 8.97 Å². The number of benzene rings is 4. The molecule has 0 aliphatic rings. The molecule has 0 aliphatic carbocycles. The van der Waals surface area contributed by atoms with E-state index in [9.17, 15) is 0 Å². The van der Waals surface area contributed by atoms with Gasteiger partial charge in [0.2, 0.25) is 5.78 Å². The van der Waals surface area contributed by atoms with E-state index in [2.05, 4.69) is 107 Å². The summed E-state index contributed by atoms with van der Waals surface area (Å²) in [4.78, 5) is 5.01. The Morgan fingerprint density at radius 2 is 1.34 bits per heavy atom. The van der Waals surface area contributed by atoms with E-state index in [-0.39, 0.29) is 0 Å². The molecule has 29 heavy (non-hydrogen) atoms. The third kappa shape index (κ3) is 2.41. The van der Waals surface area contributed by atoms with Crippen LogP contribution in [0.25, 0.3) is 44.7 Å². The summed E-state index contributed by atoms with van der Waals surface area (Å²) in [5.41, 5.74) is 9.25. The summed E-state index contributed by atoms with van der Waals surface area (Å²) < 4.78 is 4.52. The fourth-order valence-corrected chi connectivity index (χ4v) is 4.16. The molecule has 138 valence electrons. The average molecular weight is 373 g/mol. The Balaban J connectivity index is 1.72. The molecule has 6 aromatic rings. The highest BCUT2D eigenvalue weighted by molar-refractivity contribution is 5.93. The van der Waals surface area contributed by atoms with Crippen LogP contribution in [0.15, 0.2) is 97.1 Å². The predicted molar refractivity (Wildman–Crippen MR) is 120 cm³/mol. The highest BCUT2D eigenvalue weighted by atomic mass is 15.2. The molecule has 0 saturated heterocycles. The molecule has 0 radical (unpaired) electrons. The van der Waals surface area contributed by atoms with Gasteiger partial charge < -0.3 is 0 Å². The van der Waals surface area contributed by atoms with Crippen LogP contribution in [0.4, 0.5) is 0 Å². The Hall–Kier alpha value is -3.85. The topological polar surface area (TPSA) is 22.2 Å². The molecule has 0 saturated carbocycles. The van der Waals surface area contributed by atoms with Crippen LogP contribution in [0.3, 0.4) is 0 Å². The lowest BCUT2D eigenvalue weighted by Gasteiger charge is -2.05. The van der Waals surface area contributed by atoms with Crippen molar-refractivity contribution in [2.75, 3.05) is 0 Å². The van der Waals surface area contributed by atoms with Crippen LogP contribution in [0.1, 0.15) is 5.56 Å². The Morgan fingerprint density at radius 3 is 2.14 bits per heavy atom. The van der Waals surface area contributed by atoms with Crippen LogP contribution in [-0.4, -0.2) is 14.0 Å². The van der Waals surface area contributed by atoms with E-state index in [0.717, 1.165) is 33.5 Å². The summed E-state index contributed by atoms with van der Waals surface area (Å²) in [6, 6.07) is 34.2. The number of hydrogen-bond donors (Lipinski definition) is 0. The molecule has 0 unspecified atom stereocenters. The van der Waals surface area contributed by atoms with Gasteiger partial charge in [-0.05, 0) is 54.4 Å². The zero-order valence-electron chi connectivity index (χ0n) is 16.1. The third-order valence-corrected chi connectivity index (χ3v) is 5.60. The first-order valence-corrected chi connectivity index (χ1v) is 9.84. The summed E-state index contributed by atoms with van der Waals surface area (Å²) in [7, 11) is 0. The maximum absolute atomic E-state index is 5.01. The number of para-hydroxylation sites is 2. The Bertz CT molecular complexity index is 1490. The van der Waals surface area contributed by atoms with Crippen molar-refractivity contribution in [3.63, 3.8) is 0 Å². The molecule has 0 fully saturated rings. The second-order valence-electron chi connectivity index (χ2n) is 7.48. The summed E-state index contributed by atoms with van der Waals surface area (Å²) in [5.74, 6) is 0.940. The van der Waals surface area contributed by atoms with Crippen molar-refractivity contribution in [1.82, 2.24) is 14.0 Å². The molecule has 0 N–H and O–H groups in total. The molecule has 0 spiro atoms. The van der Waals surface area contributed by atoms with Gasteiger partial charge in [-0.15, -0.1) is 0 Å². The molecular formula is C26H19N3. The van der Waals surface area contributed by atoms with Gasteiger partial charge in [-0.25, -0.2) is 4.98 Å². The smallest absolute Gasteiger partial charge is 0.220 e. The SMILES string of the molecule is Cc1ccc(-n2c3ccccc3n3c4cc(-c5ccccc5)ccc4nc23)cc1. The molecule has 0 amide bonds. The fraction of sp³-hybridized carbons (Fsp3) is 0.0385. The van der Waals surface area contributed by atoms with Crippen molar-refractivity contribution in [3.05, 3.63) is 103 Å². The lowest BCUT2D eigenvalue weighted by molar-refractivity contribution is 1.11. The van der Waals surface area contributed by atoms with E-state index in [0.29, 0.717) is 0 Å². The number of rotatable bonds is 2. The van der Waals surface area contributed by atoms with Gasteiger partial charge in [0.05, 0.1) is 22.1 Å². The van der Waals surface area contributed by atoms with E-state index in [1.807, 2.05) is 6.07 Å². The van der Waals surface area contributed by atoms with Crippen LogP contribution in [0.2, 0.25) is 0 Å². The molecular weight excluding hydrogens is 354 g/mol. The van der Waals surface area contributed by atoms with Gasteiger partial charge >= 0.3 is 0 Å². The zero-order valence-corrected chi connectivity index (χ0v) is 16.1. The van der Waals surface area contributed by atoms with Crippen molar-refractivity contribution in [2.45, 2.75) is 6.92 Å². The highest BCUT2D eigenvalue weighted by Crippen LogP contribution is 2.31. The van der Waals surface area contributed by atoms with Crippen molar-refractivity contribution in [1.29, 1.82) is 0 Å². The quantitative estimate of drug-likeness (QED) is 0.344. The zero-order chi connectivity index (χ0) is 19.4. The average Bonchev–Trinajstić information content (AvgIpc) is 3.29. The Morgan fingerprint density at radius 1 is 0.621 bits per heavy atom. The predicted octanol–water partition coefficient (Wildman–Crippen LogP) is 6.41. The third-order valence-electron chi connectivity index (χ3n) is 5.60. The van der Waals surface area contributed by atoms with Crippen LogP contribution < -0.4 is 0 Å². The van der Waals surface area contributed by atoms with E-state index in [4.69, 9.17) is 4.98 Å². The second kappa shape index (κ2) is 6.08. The number of hydrogen-bond acceptors (Lipinski definition) is 1. The minimum atomic E-state index is 0.940. The van der Waals surface area contributed by atoms with Gasteiger partial charge in [-0.1, -0.05) is 66.2 Å². The van der Waals surface area contributed by atoms with E-state index >= 15 is 0 Å². The maximum atomic E-state index is 5.01. The molecule has 4 aromatic carbocycles. The maximum Gasteiger partial charge on any atom is 0.220 e. The second-order valence-corrected chi connectivity index (χ2v) is 7.48. The number of aryl methyl sites for hydroxylation is 1. The van der Waals surface area contributed by atoms with Gasteiger partial charge in [0.15, 0.2) is 0 Å². The molecule has 3 heteroatoms. The molecule has 2 heterocycles. The molecule has 3 nitrogen and oxygen atoms in total. The first-order valence-electron chi connectivity index (χ1n) is 9.84.